The number of hydrogen-bond donors (Lipinski definition) is 4. The zero-order valence-electron chi connectivity index (χ0n) is 22.7. The number of H-pyrrole nitrogens is 1. The number of likely N-dealkylation sites (N-methyl/N-ethyl adjacent to an activating group) is 1. The Labute approximate surface area is 240 Å². The van der Waals surface area contributed by atoms with E-state index in [1.54, 1.807) is 11.1 Å². The Balaban J connectivity index is 1.49. The number of rotatable bonds is 11. The van der Waals surface area contributed by atoms with Gasteiger partial charge < -0.3 is 29.6 Å². The number of phosphoric ester groups is 1. The lowest BCUT2D eigenvalue weighted by Gasteiger charge is -2.35. The lowest BCUT2D eigenvalue weighted by molar-refractivity contribution is -0.114. The topological polar surface area (TPSA) is 166 Å². The molecule has 220 valence electrons. The number of aromatic amines is 1. The minimum atomic E-state index is -4.81. The molecule has 0 aliphatic carbocycles. The molecule has 42 heavy (non-hydrogen) atoms. The third kappa shape index (κ3) is 6.98. The van der Waals surface area contributed by atoms with E-state index in [0.29, 0.717) is 42.9 Å². The molecule has 0 unspecified atom stereocenters. The quantitative estimate of drug-likeness (QED) is 0.113. The number of piperazine rings is 1. The molecule has 0 amide bonds. The van der Waals surface area contributed by atoms with E-state index in [2.05, 4.69) is 41.5 Å². The predicted octanol–water partition coefficient (Wildman–Crippen LogP) is 3.40. The number of benzene rings is 2. The van der Waals surface area contributed by atoms with Crippen LogP contribution in [0.15, 0.2) is 55.3 Å². The van der Waals surface area contributed by atoms with Gasteiger partial charge in [-0.2, -0.15) is 10.1 Å². The summed E-state index contributed by atoms with van der Waals surface area (Å²) in [6.45, 7) is 5.17. The van der Waals surface area contributed by atoms with Crippen LogP contribution >= 0.6 is 7.82 Å². The van der Waals surface area contributed by atoms with Crippen LogP contribution in [0.2, 0.25) is 0 Å². The van der Waals surface area contributed by atoms with Gasteiger partial charge in [-0.05, 0) is 30.8 Å². The fraction of sp³-hybridized carbons (Fsp3) is 0.259. The molecule has 0 saturated carbocycles. The van der Waals surface area contributed by atoms with E-state index in [9.17, 15) is 9.36 Å². The van der Waals surface area contributed by atoms with Crippen LogP contribution in [0.1, 0.15) is 5.56 Å². The molecular weight excluding hydrogens is 568 g/mol. The molecule has 5 rings (SSSR count). The summed E-state index contributed by atoms with van der Waals surface area (Å²) in [6, 6.07) is 10.1. The van der Waals surface area contributed by atoms with Gasteiger partial charge in [0.1, 0.15) is 5.69 Å². The molecule has 2 aromatic carbocycles. The van der Waals surface area contributed by atoms with Gasteiger partial charge in [0.15, 0.2) is 29.8 Å². The van der Waals surface area contributed by atoms with Crippen LogP contribution in [0.5, 0.6) is 5.75 Å². The monoisotopic (exact) mass is 597 g/mol. The predicted molar refractivity (Wildman–Crippen MR) is 154 cm³/mol. The van der Waals surface area contributed by atoms with Crippen LogP contribution in [0, 0.1) is 5.82 Å². The molecule has 3 heterocycles. The molecule has 4 aromatic rings. The van der Waals surface area contributed by atoms with Crippen molar-refractivity contribution in [3.05, 3.63) is 66.6 Å². The van der Waals surface area contributed by atoms with E-state index >= 15 is 4.39 Å². The number of ketones is 1. The van der Waals surface area contributed by atoms with Crippen LogP contribution in [0.4, 0.5) is 21.7 Å². The van der Waals surface area contributed by atoms with Crippen molar-refractivity contribution >= 4 is 42.0 Å². The van der Waals surface area contributed by atoms with Gasteiger partial charge in [0.2, 0.25) is 5.95 Å². The number of aromatic nitrogens is 4. The van der Waals surface area contributed by atoms with Crippen LogP contribution in [-0.4, -0.2) is 80.7 Å². The first kappa shape index (κ1) is 29.3. The van der Waals surface area contributed by atoms with Crippen molar-refractivity contribution in [2.24, 2.45) is 0 Å². The fourth-order valence-corrected chi connectivity index (χ4v) is 4.78. The molecular formula is C27H29FN7O6P. The molecule has 1 aliphatic rings. The van der Waals surface area contributed by atoms with E-state index < -0.39 is 20.4 Å². The second-order valence-electron chi connectivity index (χ2n) is 9.68. The third-order valence-electron chi connectivity index (χ3n) is 6.66. The molecule has 4 N–H and O–H groups in total. The standard InChI is InChI=1S/C27H29FN7O6P/c1-3-20(36)12-17-5-4-6-18(11-17)24-21-15-29-33-26(21)32-27(31-24)30-19-13-22(28)25(35-9-7-34(2)8-10-35)23(14-19)40-16-41-42(37,38)39/h3-6,11,13-15H,1,7-10,12,16H2,2H3,(H2,37,38,39)(H2,29,30,31,32,33). The first-order chi connectivity index (χ1) is 20.1. The summed E-state index contributed by atoms with van der Waals surface area (Å²) >= 11 is 0. The Morgan fingerprint density at radius 3 is 2.74 bits per heavy atom. The number of fused-ring (bicyclic) bond motifs is 1. The van der Waals surface area contributed by atoms with Crippen LogP contribution in [-0.2, 0) is 20.3 Å². The van der Waals surface area contributed by atoms with Gasteiger partial charge in [-0.15, -0.1) is 0 Å². The van der Waals surface area contributed by atoms with E-state index in [4.69, 9.17) is 14.5 Å². The maximum Gasteiger partial charge on any atom is 0.472 e. The van der Waals surface area contributed by atoms with Gasteiger partial charge in [0, 0.05) is 49.9 Å². The van der Waals surface area contributed by atoms with Crippen molar-refractivity contribution in [3.63, 3.8) is 0 Å². The average molecular weight is 598 g/mol. The highest BCUT2D eigenvalue weighted by atomic mass is 31.2. The number of nitrogens with one attached hydrogen (secondary N) is 2. The van der Waals surface area contributed by atoms with Crippen molar-refractivity contribution < 1.29 is 32.8 Å². The number of phosphoric acid groups is 1. The zero-order chi connectivity index (χ0) is 29.9. The smallest absolute Gasteiger partial charge is 0.465 e. The van der Waals surface area contributed by atoms with Gasteiger partial charge >= 0.3 is 7.82 Å². The highest BCUT2D eigenvalue weighted by Gasteiger charge is 2.24. The lowest BCUT2D eigenvalue weighted by Crippen LogP contribution is -2.45. The molecule has 0 bridgehead atoms. The van der Waals surface area contributed by atoms with Crippen molar-refractivity contribution in [2.75, 3.05) is 50.2 Å². The molecule has 1 fully saturated rings. The fourth-order valence-electron chi connectivity index (χ4n) is 4.59. The summed E-state index contributed by atoms with van der Waals surface area (Å²) in [5, 5.41) is 10.5. The minimum Gasteiger partial charge on any atom is -0.465 e. The highest BCUT2D eigenvalue weighted by Crippen LogP contribution is 2.39. The number of carbonyl (C=O) groups excluding carboxylic acids is 1. The summed E-state index contributed by atoms with van der Waals surface area (Å²) < 4.78 is 36.8. The Bertz CT molecular complexity index is 1670. The molecule has 1 aliphatic heterocycles. The summed E-state index contributed by atoms with van der Waals surface area (Å²) in [6.07, 6.45) is 3.06. The molecule has 0 radical (unpaired) electrons. The van der Waals surface area contributed by atoms with Crippen LogP contribution in [0.25, 0.3) is 22.3 Å². The number of carbonyl (C=O) groups is 1. The summed E-state index contributed by atoms with van der Waals surface area (Å²) in [7, 11) is -2.84. The highest BCUT2D eigenvalue weighted by molar-refractivity contribution is 7.46. The average Bonchev–Trinajstić information content (AvgIpc) is 3.41. The normalized spacial score (nSPS) is 14.2. The summed E-state index contributed by atoms with van der Waals surface area (Å²) in [4.78, 5) is 43.1. The van der Waals surface area contributed by atoms with Crippen LogP contribution < -0.4 is 15.0 Å². The second-order valence-corrected chi connectivity index (χ2v) is 10.9. The molecule has 0 spiro atoms. The molecule has 15 heteroatoms. The number of anilines is 3. The zero-order valence-corrected chi connectivity index (χ0v) is 23.6. The van der Waals surface area contributed by atoms with E-state index in [0.717, 1.165) is 11.1 Å². The van der Waals surface area contributed by atoms with Crippen molar-refractivity contribution in [1.82, 2.24) is 25.1 Å². The Kier molecular flexibility index (Phi) is 8.61. The van der Waals surface area contributed by atoms with Gasteiger partial charge in [-0.25, -0.2) is 18.5 Å². The first-order valence-corrected chi connectivity index (χ1v) is 14.5. The molecule has 0 atom stereocenters. The van der Waals surface area contributed by atoms with Gasteiger partial charge in [0.05, 0.1) is 17.3 Å². The maximum atomic E-state index is 15.6. The number of nitrogens with zero attached hydrogens (tertiary/aromatic N) is 5. The maximum absolute atomic E-state index is 15.6. The molecule has 2 aromatic heterocycles. The SMILES string of the molecule is C=CC(=O)Cc1cccc(-c2nc(Nc3cc(F)c(N4CCN(C)CC4)c(OCOP(=O)(O)O)c3)nc3[nH]ncc23)c1. The Morgan fingerprint density at radius 1 is 1.21 bits per heavy atom. The number of hydrogen-bond acceptors (Lipinski definition) is 10. The molecule has 1 saturated heterocycles. The Morgan fingerprint density at radius 2 is 2.00 bits per heavy atom. The largest absolute Gasteiger partial charge is 0.472 e. The Hall–Kier alpha value is -4.20. The van der Waals surface area contributed by atoms with Crippen molar-refractivity contribution in [1.29, 1.82) is 0 Å². The van der Waals surface area contributed by atoms with E-state index in [-0.39, 0.29) is 35.3 Å². The van der Waals surface area contributed by atoms with Gasteiger partial charge in [0.25, 0.3) is 0 Å². The minimum absolute atomic E-state index is 0.0259. The van der Waals surface area contributed by atoms with Gasteiger partial charge in [-0.1, -0.05) is 24.8 Å². The number of allylic oxidation sites excluding steroid dienone is 1. The third-order valence-corrected chi connectivity index (χ3v) is 7.10. The van der Waals surface area contributed by atoms with E-state index in [1.165, 1.54) is 18.2 Å². The second kappa shape index (κ2) is 12.3. The van der Waals surface area contributed by atoms with Crippen molar-refractivity contribution in [2.45, 2.75) is 6.42 Å². The number of halogens is 1. The van der Waals surface area contributed by atoms with Crippen molar-refractivity contribution in [3.8, 4) is 17.0 Å². The van der Waals surface area contributed by atoms with Crippen LogP contribution in [0.3, 0.4) is 0 Å². The van der Waals surface area contributed by atoms with E-state index in [1.807, 2.05) is 31.3 Å². The lowest BCUT2D eigenvalue weighted by atomic mass is 10.0. The summed E-state index contributed by atoms with van der Waals surface area (Å²) in [5.74, 6) is -0.577. The summed E-state index contributed by atoms with van der Waals surface area (Å²) in [5.41, 5.74) is 2.84. The van der Waals surface area contributed by atoms with Gasteiger partial charge in [-0.3, -0.25) is 9.89 Å². The first-order valence-electron chi connectivity index (χ1n) is 12.9. The number of ether oxygens (including phenoxy) is 1. The molecule has 13 nitrogen and oxygen atoms in total.